The Morgan fingerprint density at radius 1 is 1.10 bits per heavy atom. The number of fused-ring (bicyclic) bond motifs is 1. The van der Waals surface area contributed by atoms with Gasteiger partial charge in [0.15, 0.2) is 0 Å². The molecule has 0 fully saturated rings. The van der Waals surface area contributed by atoms with Crippen LogP contribution >= 0.6 is 0 Å². The Labute approximate surface area is 116 Å². The molecule has 0 radical (unpaired) electrons. The summed E-state index contributed by atoms with van der Waals surface area (Å²) in [4.78, 5) is 11.6. The number of rotatable bonds is 2. The van der Waals surface area contributed by atoms with Gasteiger partial charge in [-0.05, 0) is 41.8 Å². The van der Waals surface area contributed by atoms with Gasteiger partial charge >= 0.3 is 0 Å². The molecule has 0 spiro atoms. The van der Waals surface area contributed by atoms with Gasteiger partial charge in [0.1, 0.15) is 0 Å². The van der Waals surface area contributed by atoms with Crippen LogP contribution in [0.1, 0.15) is 16.7 Å². The summed E-state index contributed by atoms with van der Waals surface area (Å²) in [6, 6.07) is 13.4. The summed E-state index contributed by atoms with van der Waals surface area (Å²) in [6.07, 6.45) is 1.61. The van der Waals surface area contributed by atoms with Crippen molar-refractivity contribution in [2.75, 3.05) is 11.1 Å². The number of carbonyl (C=O) groups is 1. The van der Waals surface area contributed by atoms with Crippen LogP contribution in [-0.4, -0.2) is 11.0 Å². The van der Waals surface area contributed by atoms with Crippen molar-refractivity contribution in [1.29, 1.82) is 0 Å². The van der Waals surface area contributed by atoms with Gasteiger partial charge in [0, 0.05) is 16.9 Å². The summed E-state index contributed by atoms with van der Waals surface area (Å²) in [5.74, 6) is -0.271. The highest BCUT2D eigenvalue weighted by Crippen LogP contribution is 2.32. The van der Waals surface area contributed by atoms with Crippen molar-refractivity contribution in [1.82, 2.24) is 0 Å². The van der Waals surface area contributed by atoms with E-state index in [1.54, 1.807) is 0 Å². The van der Waals surface area contributed by atoms with Crippen LogP contribution in [0.4, 0.5) is 11.4 Å². The maximum atomic E-state index is 11.6. The van der Waals surface area contributed by atoms with Crippen LogP contribution in [0.3, 0.4) is 0 Å². The maximum Gasteiger partial charge on any atom is 0.259 e. The van der Waals surface area contributed by atoms with Crippen LogP contribution in [0, 0.1) is 0 Å². The number of anilines is 2. The molecule has 0 saturated carbocycles. The zero-order valence-corrected chi connectivity index (χ0v) is 10.8. The van der Waals surface area contributed by atoms with Crippen LogP contribution in [0.15, 0.2) is 48.7 Å². The van der Waals surface area contributed by atoms with Crippen molar-refractivity contribution in [3.05, 3.63) is 65.4 Å². The summed E-state index contributed by atoms with van der Waals surface area (Å²) >= 11 is 0. The van der Waals surface area contributed by atoms with E-state index in [-0.39, 0.29) is 5.91 Å². The van der Waals surface area contributed by atoms with Gasteiger partial charge < -0.3 is 16.2 Å². The van der Waals surface area contributed by atoms with E-state index >= 15 is 0 Å². The quantitative estimate of drug-likeness (QED) is 0.444. The van der Waals surface area contributed by atoms with Crippen molar-refractivity contribution < 1.29 is 9.90 Å². The molecule has 100 valence electrons. The van der Waals surface area contributed by atoms with E-state index in [4.69, 9.17) is 10.8 Å². The monoisotopic (exact) mass is 266 g/mol. The molecule has 0 bridgehead atoms. The summed E-state index contributed by atoms with van der Waals surface area (Å²) in [5, 5.41) is 11.9. The number of nitrogens with two attached hydrogens (primary N) is 1. The normalized spacial score (nSPS) is 15.2. The van der Waals surface area contributed by atoms with Crippen molar-refractivity contribution in [2.24, 2.45) is 0 Å². The molecule has 4 N–H and O–H groups in total. The predicted molar refractivity (Wildman–Crippen MR) is 79.3 cm³/mol. The van der Waals surface area contributed by atoms with Crippen LogP contribution in [0.5, 0.6) is 0 Å². The highest BCUT2D eigenvalue weighted by Gasteiger charge is 2.24. The predicted octanol–water partition coefficient (Wildman–Crippen LogP) is 2.71. The van der Waals surface area contributed by atoms with Crippen LogP contribution in [-0.2, 0) is 11.2 Å². The zero-order valence-electron chi connectivity index (χ0n) is 10.8. The smallest absolute Gasteiger partial charge is 0.259 e. The Balaban J connectivity index is 1.92. The third-order valence-electron chi connectivity index (χ3n) is 3.38. The largest absolute Gasteiger partial charge is 0.515 e. The minimum atomic E-state index is -0.271. The lowest BCUT2D eigenvalue weighted by Crippen LogP contribution is -2.03. The molecule has 1 aliphatic heterocycles. The van der Waals surface area contributed by atoms with Crippen molar-refractivity contribution in [3.8, 4) is 0 Å². The molecule has 1 aliphatic rings. The molecule has 0 aromatic heterocycles. The number of carbonyl (C=O) groups excluding carboxylic acids is 1. The van der Waals surface area contributed by atoms with E-state index < -0.39 is 0 Å². The number of benzene rings is 2. The van der Waals surface area contributed by atoms with Gasteiger partial charge in [0.05, 0.1) is 11.8 Å². The number of aliphatic hydroxyl groups excluding tert-OH is 1. The van der Waals surface area contributed by atoms with Gasteiger partial charge in [0.25, 0.3) is 5.91 Å². The number of nitrogens with one attached hydrogen (secondary N) is 1. The average Bonchev–Trinajstić information content (AvgIpc) is 2.76. The fraction of sp³-hybridized carbons (Fsp3) is 0.0625. The lowest BCUT2D eigenvalue weighted by Gasteiger charge is -2.05. The Morgan fingerprint density at radius 2 is 1.80 bits per heavy atom. The molecule has 20 heavy (non-hydrogen) atoms. The molecule has 2 aromatic rings. The molecule has 4 heteroatoms. The van der Waals surface area contributed by atoms with Crippen LogP contribution in [0.25, 0.3) is 5.57 Å². The number of hydrogen-bond acceptors (Lipinski definition) is 3. The van der Waals surface area contributed by atoms with Gasteiger partial charge in [-0.1, -0.05) is 18.2 Å². The number of hydrogen-bond donors (Lipinski definition) is 3. The summed E-state index contributed by atoms with van der Waals surface area (Å²) < 4.78 is 0. The molecule has 0 atom stereocenters. The molecule has 2 aromatic carbocycles. The Morgan fingerprint density at radius 3 is 2.50 bits per heavy atom. The Hall–Kier alpha value is -2.75. The lowest BCUT2D eigenvalue weighted by atomic mass is 10.00. The van der Waals surface area contributed by atoms with Gasteiger partial charge in [-0.2, -0.15) is 0 Å². The van der Waals surface area contributed by atoms with Gasteiger partial charge in [-0.15, -0.1) is 0 Å². The molecule has 3 rings (SSSR count). The number of amides is 1. The first kappa shape index (κ1) is 12.3. The van der Waals surface area contributed by atoms with Crippen molar-refractivity contribution in [3.63, 3.8) is 0 Å². The van der Waals surface area contributed by atoms with Gasteiger partial charge in [0.2, 0.25) is 0 Å². The Kier molecular flexibility index (Phi) is 2.91. The molecule has 1 heterocycles. The molecule has 0 aliphatic carbocycles. The van der Waals surface area contributed by atoms with E-state index in [9.17, 15) is 4.79 Å². The highest BCUT2D eigenvalue weighted by molar-refractivity contribution is 6.31. The maximum absolute atomic E-state index is 11.6. The highest BCUT2D eigenvalue weighted by atomic mass is 16.2. The number of nitrogen functional groups attached to an aromatic ring is 1. The van der Waals surface area contributed by atoms with E-state index in [0.717, 1.165) is 40.7 Å². The third kappa shape index (κ3) is 2.12. The van der Waals surface area contributed by atoms with Gasteiger partial charge in [-0.25, -0.2) is 0 Å². The third-order valence-corrected chi connectivity index (χ3v) is 3.38. The second-order valence-electron chi connectivity index (χ2n) is 4.80. The minimum Gasteiger partial charge on any atom is -0.515 e. The molecule has 0 saturated heterocycles. The van der Waals surface area contributed by atoms with E-state index in [1.165, 1.54) is 0 Å². The summed E-state index contributed by atoms with van der Waals surface area (Å²) in [6.45, 7) is 0. The second-order valence-corrected chi connectivity index (χ2v) is 4.80. The molecule has 0 unspecified atom stereocenters. The molecular formula is C16H14N2O2. The molecule has 1 amide bonds. The number of aliphatic hydroxyl groups is 1. The fourth-order valence-electron chi connectivity index (χ4n) is 2.34. The Bertz CT molecular complexity index is 703. The fourth-order valence-corrected chi connectivity index (χ4v) is 2.34. The minimum absolute atomic E-state index is 0.271. The summed E-state index contributed by atoms with van der Waals surface area (Å²) in [7, 11) is 0. The van der Waals surface area contributed by atoms with E-state index in [0.29, 0.717) is 5.57 Å². The van der Waals surface area contributed by atoms with E-state index in [1.807, 2.05) is 42.5 Å². The SMILES string of the molecule is Nc1ccc(Cc2ccc3c(c2)C(=CO)C(=O)N3)cc1. The first-order valence-electron chi connectivity index (χ1n) is 6.31. The lowest BCUT2D eigenvalue weighted by molar-refractivity contribution is -0.110. The molecular weight excluding hydrogens is 252 g/mol. The first-order valence-corrected chi connectivity index (χ1v) is 6.31. The van der Waals surface area contributed by atoms with E-state index in [2.05, 4.69) is 5.32 Å². The van der Waals surface area contributed by atoms with Crippen LogP contribution < -0.4 is 11.1 Å². The van der Waals surface area contributed by atoms with Crippen LogP contribution in [0.2, 0.25) is 0 Å². The summed E-state index contributed by atoms with van der Waals surface area (Å²) in [5.41, 5.74) is 10.4. The van der Waals surface area contributed by atoms with Crippen molar-refractivity contribution >= 4 is 22.9 Å². The average molecular weight is 266 g/mol. The van der Waals surface area contributed by atoms with Crippen molar-refractivity contribution in [2.45, 2.75) is 6.42 Å². The van der Waals surface area contributed by atoms with Gasteiger partial charge in [-0.3, -0.25) is 4.79 Å². The zero-order chi connectivity index (χ0) is 14.1. The standard InChI is InChI=1S/C16H14N2O2/c17-12-4-1-10(2-5-12)7-11-3-6-15-13(8-11)14(9-19)16(20)18-15/h1-6,8-9,19H,7,17H2,(H,18,20). The second kappa shape index (κ2) is 4.74. The topological polar surface area (TPSA) is 75.3 Å². The molecule has 4 nitrogen and oxygen atoms in total. The first-order chi connectivity index (χ1) is 9.67.